The fourth-order valence-electron chi connectivity index (χ4n) is 2.93. The molecule has 2 N–H and O–H groups in total. The molecule has 0 radical (unpaired) electrons. The average Bonchev–Trinajstić information content (AvgIpc) is 3.07. The molecular formula is C18H17N3O4. The average molecular weight is 339 g/mol. The maximum Gasteiger partial charge on any atom is 0.243 e. The molecule has 7 heteroatoms. The van der Waals surface area contributed by atoms with E-state index in [-0.39, 0.29) is 31.7 Å². The van der Waals surface area contributed by atoms with E-state index in [0.717, 1.165) is 16.9 Å². The molecule has 0 fully saturated rings. The molecule has 4 rings (SSSR count). The molecule has 2 aliphatic heterocycles. The van der Waals surface area contributed by atoms with Gasteiger partial charge in [0.1, 0.15) is 0 Å². The number of rotatable bonds is 4. The predicted molar refractivity (Wildman–Crippen MR) is 91.7 cm³/mol. The number of fused-ring (bicyclic) bond motifs is 2. The lowest BCUT2D eigenvalue weighted by Gasteiger charge is -2.30. The highest BCUT2D eigenvalue weighted by Gasteiger charge is 2.23. The third-order valence-corrected chi connectivity index (χ3v) is 4.11. The van der Waals surface area contributed by atoms with Crippen LogP contribution < -0.4 is 25.0 Å². The minimum Gasteiger partial charge on any atom is -0.454 e. The molecule has 0 bridgehead atoms. The third-order valence-electron chi connectivity index (χ3n) is 4.11. The Morgan fingerprint density at radius 3 is 2.92 bits per heavy atom. The SMILES string of the molecule is O=C(CN1CC(=O)Nc2ccccc21)NCc1ccc2c(c1)OCO2. The molecular weight excluding hydrogens is 322 g/mol. The first-order valence-corrected chi connectivity index (χ1v) is 7.98. The van der Waals surface area contributed by atoms with Crippen molar-refractivity contribution >= 4 is 23.2 Å². The minimum atomic E-state index is -0.151. The number of anilines is 2. The summed E-state index contributed by atoms with van der Waals surface area (Å²) in [6.45, 7) is 0.891. The Morgan fingerprint density at radius 1 is 1.16 bits per heavy atom. The zero-order valence-electron chi connectivity index (χ0n) is 13.5. The highest BCUT2D eigenvalue weighted by molar-refractivity contribution is 6.02. The third kappa shape index (κ3) is 3.21. The standard InChI is InChI=1S/C18H17N3O4/c22-17(19-8-12-5-6-15-16(7-12)25-11-24-15)9-21-10-18(23)20-13-3-1-2-4-14(13)21/h1-7H,8-11H2,(H,19,22)(H,20,23). The summed E-state index contributed by atoms with van der Waals surface area (Å²) in [6, 6.07) is 13.0. The summed E-state index contributed by atoms with van der Waals surface area (Å²) in [4.78, 5) is 25.9. The molecule has 0 aliphatic carbocycles. The first-order valence-electron chi connectivity index (χ1n) is 7.98. The summed E-state index contributed by atoms with van der Waals surface area (Å²) >= 11 is 0. The molecule has 0 atom stereocenters. The van der Waals surface area contributed by atoms with Gasteiger partial charge in [0.05, 0.1) is 24.5 Å². The number of ether oxygens (including phenoxy) is 2. The first-order chi connectivity index (χ1) is 12.2. The Labute approximate surface area is 144 Å². The van der Waals surface area contributed by atoms with E-state index < -0.39 is 0 Å². The normalized spacial score (nSPS) is 14.7. The minimum absolute atomic E-state index is 0.120. The Morgan fingerprint density at radius 2 is 2.00 bits per heavy atom. The highest BCUT2D eigenvalue weighted by Crippen LogP contribution is 2.32. The fraction of sp³-hybridized carbons (Fsp3) is 0.222. The summed E-state index contributed by atoms with van der Waals surface area (Å²) in [6.07, 6.45) is 0. The van der Waals surface area contributed by atoms with Crippen LogP contribution in [0.15, 0.2) is 42.5 Å². The topological polar surface area (TPSA) is 79.9 Å². The number of hydrogen-bond donors (Lipinski definition) is 2. The van der Waals surface area contributed by atoms with Crippen molar-refractivity contribution in [2.24, 2.45) is 0 Å². The van der Waals surface area contributed by atoms with Crippen molar-refractivity contribution in [2.45, 2.75) is 6.54 Å². The molecule has 2 aliphatic rings. The van der Waals surface area contributed by atoms with Crippen LogP contribution in [0.3, 0.4) is 0 Å². The quantitative estimate of drug-likeness (QED) is 0.882. The van der Waals surface area contributed by atoms with Crippen molar-refractivity contribution < 1.29 is 19.1 Å². The van der Waals surface area contributed by atoms with Gasteiger partial charge < -0.3 is 25.0 Å². The van der Waals surface area contributed by atoms with Crippen molar-refractivity contribution in [1.82, 2.24) is 5.32 Å². The van der Waals surface area contributed by atoms with E-state index >= 15 is 0 Å². The molecule has 2 aromatic carbocycles. The Hall–Kier alpha value is -3.22. The molecule has 0 saturated heterocycles. The van der Waals surface area contributed by atoms with E-state index in [9.17, 15) is 9.59 Å². The van der Waals surface area contributed by atoms with Gasteiger partial charge in [-0.05, 0) is 29.8 Å². The van der Waals surface area contributed by atoms with Crippen LogP contribution in [-0.4, -0.2) is 31.7 Å². The fourth-order valence-corrected chi connectivity index (χ4v) is 2.93. The zero-order chi connectivity index (χ0) is 17.2. The molecule has 2 aromatic rings. The number of carbonyl (C=O) groups excluding carboxylic acids is 2. The Kier molecular flexibility index (Phi) is 3.89. The van der Waals surface area contributed by atoms with Crippen molar-refractivity contribution in [1.29, 1.82) is 0 Å². The van der Waals surface area contributed by atoms with Crippen molar-refractivity contribution in [3.8, 4) is 11.5 Å². The van der Waals surface area contributed by atoms with E-state index in [1.165, 1.54) is 0 Å². The number of nitrogens with one attached hydrogen (secondary N) is 2. The Balaban J connectivity index is 1.39. The van der Waals surface area contributed by atoms with Crippen molar-refractivity contribution in [3.05, 3.63) is 48.0 Å². The second-order valence-corrected chi connectivity index (χ2v) is 5.89. The summed E-state index contributed by atoms with van der Waals surface area (Å²) < 4.78 is 10.6. The van der Waals surface area contributed by atoms with Gasteiger partial charge in [0.25, 0.3) is 0 Å². The maximum atomic E-state index is 12.3. The summed E-state index contributed by atoms with van der Waals surface area (Å²) in [5, 5.41) is 5.68. The summed E-state index contributed by atoms with van der Waals surface area (Å²) in [5.41, 5.74) is 2.50. The van der Waals surface area contributed by atoms with E-state index in [2.05, 4.69) is 10.6 Å². The number of para-hydroxylation sites is 2. The van der Waals surface area contributed by atoms with Crippen LogP contribution in [0.25, 0.3) is 0 Å². The predicted octanol–water partition coefficient (Wildman–Crippen LogP) is 1.49. The van der Waals surface area contributed by atoms with Gasteiger partial charge >= 0.3 is 0 Å². The van der Waals surface area contributed by atoms with Crippen LogP contribution in [0.1, 0.15) is 5.56 Å². The highest BCUT2D eigenvalue weighted by atomic mass is 16.7. The second-order valence-electron chi connectivity index (χ2n) is 5.89. The van der Waals surface area contributed by atoms with Crippen molar-refractivity contribution in [2.75, 3.05) is 30.1 Å². The largest absolute Gasteiger partial charge is 0.454 e. The molecule has 128 valence electrons. The van der Waals surface area contributed by atoms with E-state index in [1.54, 1.807) is 4.90 Å². The lowest BCUT2D eigenvalue weighted by atomic mass is 10.2. The molecule has 0 spiro atoms. The van der Waals surface area contributed by atoms with Crippen LogP contribution in [0.5, 0.6) is 11.5 Å². The molecule has 2 heterocycles. The summed E-state index contributed by atoms with van der Waals surface area (Å²) in [5.74, 6) is 1.13. The smallest absolute Gasteiger partial charge is 0.243 e. The molecule has 25 heavy (non-hydrogen) atoms. The van der Waals surface area contributed by atoms with Gasteiger partial charge in [-0.2, -0.15) is 0 Å². The van der Waals surface area contributed by atoms with Crippen LogP contribution >= 0.6 is 0 Å². The molecule has 0 saturated carbocycles. The second kappa shape index (κ2) is 6.35. The van der Waals surface area contributed by atoms with Crippen LogP contribution in [-0.2, 0) is 16.1 Å². The number of hydrogen-bond acceptors (Lipinski definition) is 5. The number of amides is 2. The van der Waals surface area contributed by atoms with Crippen LogP contribution in [0, 0.1) is 0 Å². The maximum absolute atomic E-state index is 12.3. The summed E-state index contributed by atoms with van der Waals surface area (Å²) in [7, 11) is 0. The molecule has 0 aromatic heterocycles. The van der Waals surface area contributed by atoms with Crippen LogP contribution in [0.4, 0.5) is 11.4 Å². The first kappa shape index (κ1) is 15.3. The molecule has 7 nitrogen and oxygen atoms in total. The van der Waals surface area contributed by atoms with Gasteiger partial charge in [-0.25, -0.2) is 0 Å². The Bertz CT molecular complexity index is 837. The van der Waals surface area contributed by atoms with Crippen molar-refractivity contribution in [3.63, 3.8) is 0 Å². The van der Waals surface area contributed by atoms with Gasteiger partial charge in [-0.1, -0.05) is 18.2 Å². The van der Waals surface area contributed by atoms with Gasteiger partial charge in [0.2, 0.25) is 18.6 Å². The molecule has 2 amide bonds. The number of carbonyl (C=O) groups is 2. The van der Waals surface area contributed by atoms with Gasteiger partial charge in [-0.15, -0.1) is 0 Å². The van der Waals surface area contributed by atoms with Gasteiger partial charge in [0.15, 0.2) is 11.5 Å². The van der Waals surface area contributed by atoms with E-state index in [1.807, 2.05) is 42.5 Å². The molecule has 0 unspecified atom stereocenters. The lowest BCUT2D eigenvalue weighted by Crippen LogP contribution is -2.44. The van der Waals surface area contributed by atoms with Crippen LogP contribution in [0.2, 0.25) is 0 Å². The monoisotopic (exact) mass is 339 g/mol. The zero-order valence-corrected chi connectivity index (χ0v) is 13.5. The number of benzene rings is 2. The van der Waals surface area contributed by atoms with E-state index in [4.69, 9.17) is 9.47 Å². The lowest BCUT2D eigenvalue weighted by molar-refractivity contribution is -0.120. The number of nitrogens with zero attached hydrogens (tertiary/aromatic N) is 1. The van der Waals surface area contributed by atoms with Gasteiger partial charge in [-0.3, -0.25) is 9.59 Å². The van der Waals surface area contributed by atoms with Gasteiger partial charge in [0, 0.05) is 6.54 Å². The van der Waals surface area contributed by atoms with E-state index in [0.29, 0.717) is 18.0 Å².